The van der Waals surface area contributed by atoms with Gasteiger partial charge in [0.25, 0.3) is 0 Å². The molecule has 1 saturated carbocycles. The molecule has 2 unspecified atom stereocenters. The minimum absolute atomic E-state index is 0.194. The van der Waals surface area contributed by atoms with Crippen LogP contribution in [0.25, 0.3) is 0 Å². The monoisotopic (exact) mass is 274 g/mol. The van der Waals surface area contributed by atoms with E-state index in [2.05, 4.69) is 24.3 Å². The fraction of sp³-hybridized carbons (Fsp3) is 0.667. The van der Waals surface area contributed by atoms with Gasteiger partial charge in [0.05, 0.1) is 18.3 Å². The summed E-state index contributed by atoms with van der Waals surface area (Å²) in [6.45, 7) is 0.219. The van der Waals surface area contributed by atoms with Gasteiger partial charge in [-0.3, -0.25) is 0 Å². The number of rotatable bonds is 4. The molecule has 2 fully saturated rings. The van der Waals surface area contributed by atoms with Crippen molar-refractivity contribution in [2.45, 2.75) is 69.0 Å². The first kappa shape index (κ1) is 14.1. The molecule has 2 nitrogen and oxygen atoms in total. The van der Waals surface area contributed by atoms with Crippen molar-refractivity contribution in [3.05, 3.63) is 35.9 Å². The number of hydrogen-bond donors (Lipinski definition) is 1. The molecular weight excluding hydrogens is 248 g/mol. The van der Waals surface area contributed by atoms with E-state index in [0.29, 0.717) is 6.10 Å². The first-order chi connectivity index (χ1) is 9.81. The van der Waals surface area contributed by atoms with Crippen molar-refractivity contribution in [1.29, 1.82) is 0 Å². The van der Waals surface area contributed by atoms with Crippen LogP contribution >= 0.6 is 0 Å². The Hall–Kier alpha value is -0.860. The van der Waals surface area contributed by atoms with Crippen LogP contribution in [-0.4, -0.2) is 23.4 Å². The van der Waals surface area contributed by atoms with Gasteiger partial charge in [0.15, 0.2) is 0 Å². The SMILES string of the molecule is OCC(CC1CCC2(CCCCC2)O1)c1ccccc1. The number of benzene rings is 1. The Morgan fingerprint density at radius 1 is 1.10 bits per heavy atom. The normalized spacial score (nSPS) is 26.8. The number of aliphatic hydroxyl groups excluding tert-OH is 1. The van der Waals surface area contributed by atoms with Crippen molar-refractivity contribution >= 4 is 0 Å². The summed E-state index contributed by atoms with van der Waals surface area (Å²) in [6.07, 6.45) is 10.2. The largest absolute Gasteiger partial charge is 0.396 e. The zero-order chi connectivity index (χ0) is 13.8. The third-order valence-electron chi connectivity index (χ3n) is 5.14. The van der Waals surface area contributed by atoms with E-state index in [1.54, 1.807) is 0 Å². The van der Waals surface area contributed by atoms with Crippen LogP contribution in [0.4, 0.5) is 0 Å². The molecule has 1 aromatic carbocycles. The summed E-state index contributed by atoms with van der Waals surface area (Å²) >= 11 is 0. The van der Waals surface area contributed by atoms with Gasteiger partial charge < -0.3 is 9.84 Å². The fourth-order valence-corrected chi connectivity index (χ4v) is 3.98. The minimum atomic E-state index is 0.194. The summed E-state index contributed by atoms with van der Waals surface area (Å²) in [5.74, 6) is 0.222. The lowest BCUT2D eigenvalue weighted by Gasteiger charge is -2.33. The lowest BCUT2D eigenvalue weighted by atomic mass is 9.83. The standard InChI is InChI=1S/C18H26O2/c19-14-16(15-7-3-1-4-8-15)13-17-9-12-18(20-17)10-5-2-6-11-18/h1,3-4,7-8,16-17,19H,2,5-6,9-14H2. The topological polar surface area (TPSA) is 29.5 Å². The summed E-state index contributed by atoms with van der Waals surface area (Å²) in [4.78, 5) is 0. The molecule has 3 rings (SSSR count). The van der Waals surface area contributed by atoms with Gasteiger partial charge in [0, 0.05) is 5.92 Å². The average Bonchev–Trinajstić information content (AvgIpc) is 2.89. The summed E-state index contributed by atoms with van der Waals surface area (Å²) in [5, 5.41) is 9.69. The van der Waals surface area contributed by atoms with E-state index in [1.807, 2.05) is 6.07 Å². The van der Waals surface area contributed by atoms with E-state index in [9.17, 15) is 5.11 Å². The van der Waals surface area contributed by atoms with Gasteiger partial charge in [-0.25, -0.2) is 0 Å². The highest BCUT2D eigenvalue weighted by atomic mass is 16.5. The maximum absolute atomic E-state index is 9.69. The quantitative estimate of drug-likeness (QED) is 0.898. The third kappa shape index (κ3) is 3.07. The molecule has 20 heavy (non-hydrogen) atoms. The smallest absolute Gasteiger partial charge is 0.0687 e. The van der Waals surface area contributed by atoms with Gasteiger partial charge in [0.1, 0.15) is 0 Å². The first-order valence-electron chi connectivity index (χ1n) is 8.15. The number of aliphatic hydroxyl groups is 1. The Morgan fingerprint density at radius 2 is 1.85 bits per heavy atom. The van der Waals surface area contributed by atoms with Crippen molar-refractivity contribution in [3.8, 4) is 0 Å². The van der Waals surface area contributed by atoms with Crippen LogP contribution in [0.3, 0.4) is 0 Å². The van der Waals surface area contributed by atoms with E-state index in [0.717, 1.165) is 6.42 Å². The average molecular weight is 274 g/mol. The van der Waals surface area contributed by atoms with Crippen LogP contribution in [0.5, 0.6) is 0 Å². The Labute approximate surface area is 122 Å². The van der Waals surface area contributed by atoms with Crippen molar-refractivity contribution in [2.24, 2.45) is 0 Å². The van der Waals surface area contributed by atoms with Crippen LogP contribution in [0.15, 0.2) is 30.3 Å². The number of hydrogen-bond acceptors (Lipinski definition) is 2. The molecule has 110 valence electrons. The van der Waals surface area contributed by atoms with E-state index in [4.69, 9.17) is 4.74 Å². The lowest BCUT2D eigenvalue weighted by Crippen LogP contribution is -2.32. The van der Waals surface area contributed by atoms with Gasteiger partial charge >= 0.3 is 0 Å². The molecule has 1 spiro atoms. The zero-order valence-electron chi connectivity index (χ0n) is 12.3. The Bertz CT molecular complexity index is 409. The molecule has 1 saturated heterocycles. The summed E-state index contributed by atoms with van der Waals surface area (Å²) in [6, 6.07) is 10.4. The fourth-order valence-electron chi connectivity index (χ4n) is 3.98. The highest BCUT2D eigenvalue weighted by Gasteiger charge is 2.41. The zero-order valence-corrected chi connectivity index (χ0v) is 12.3. The van der Waals surface area contributed by atoms with Crippen molar-refractivity contribution < 1.29 is 9.84 Å². The number of ether oxygens (including phenoxy) is 1. The molecular formula is C18H26O2. The van der Waals surface area contributed by atoms with Crippen LogP contribution in [-0.2, 0) is 4.74 Å². The maximum Gasteiger partial charge on any atom is 0.0687 e. The van der Waals surface area contributed by atoms with Crippen molar-refractivity contribution in [1.82, 2.24) is 0 Å². The first-order valence-corrected chi connectivity index (χ1v) is 8.15. The van der Waals surface area contributed by atoms with Gasteiger partial charge in [-0.05, 0) is 37.7 Å². The van der Waals surface area contributed by atoms with Crippen LogP contribution in [0.2, 0.25) is 0 Å². The molecule has 1 heterocycles. The van der Waals surface area contributed by atoms with Crippen molar-refractivity contribution in [2.75, 3.05) is 6.61 Å². The Kier molecular flexibility index (Phi) is 4.42. The highest BCUT2D eigenvalue weighted by molar-refractivity contribution is 5.19. The second-order valence-electron chi connectivity index (χ2n) is 6.55. The predicted octanol–water partition coefficient (Wildman–Crippen LogP) is 4.03. The molecule has 2 atom stereocenters. The predicted molar refractivity (Wildman–Crippen MR) is 80.8 cm³/mol. The van der Waals surface area contributed by atoms with Crippen LogP contribution in [0, 0.1) is 0 Å². The Morgan fingerprint density at radius 3 is 2.55 bits per heavy atom. The highest BCUT2D eigenvalue weighted by Crippen LogP contribution is 2.43. The molecule has 2 heteroatoms. The van der Waals surface area contributed by atoms with Crippen LogP contribution in [0.1, 0.15) is 62.8 Å². The molecule has 0 aromatic heterocycles. The molecule has 0 bridgehead atoms. The van der Waals surface area contributed by atoms with Gasteiger partial charge in [0.2, 0.25) is 0 Å². The molecule has 0 amide bonds. The van der Waals surface area contributed by atoms with Gasteiger partial charge in [-0.15, -0.1) is 0 Å². The molecule has 2 aliphatic rings. The molecule has 1 aromatic rings. The second kappa shape index (κ2) is 6.28. The van der Waals surface area contributed by atoms with Gasteiger partial charge in [-0.1, -0.05) is 49.6 Å². The molecule has 1 aliphatic carbocycles. The molecule has 0 radical (unpaired) electrons. The molecule has 1 aliphatic heterocycles. The molecule has 1 N–H and O–H groups in total. The van der Waals surface area contributed by atoms with Crippen LogP contribution < -0.4 is 0 Å². The van der Waals surface area contributed by atoms with E-state index in [-0.39, 0.29) is 18.1 Å². The van der Waals surface area contributed by atoms with Gasteiger partial charge in [-0.2, -0.15) is 0 Å². The van der Waals surface area contributed by atoms with E-state index in [1.165, 1.54) is 50.5 Å². The third-order valence-corrected chi connectivity index (χ3v) is 5.14. The lowest BCUT2D eigenvalue weighted by molar-refractivity contribution is -0.0685. The van der Waals surface area contributed by atoms with Crippen molar-refractivity contribution in [3.63, 3.8) is 0 Å². The van der Waals surface area contributed by atoms with E-state index < -0.39 is 0 Å². The summed E-state index contributed by atoms with van der Waals surface area (Å²) in [5.41, 5.74) is 1.43. The minimum Gasteiger partial charge on any atom is -0.396 e. The maximum atomic E-state index is 9.69. The summed E-state index contributed by atoms with van der Waals surface area (Å²) in [7, 11) is 0. The van der Waals surface area contributed by atoms with E-state index >= 15 is 0 Å². The summed E-state index contributed by atoms with van der Waals surface area (Å²) < 4.78 is 6.43. The Balaban J connectivity index is 1.60. The second-order valence-corrected chi connectivity index (χ2v) is 6.55.